The number of benzene rings is 1. The molecule has 0 radical (unpaired) electrons. The van der Waals surface area contributed by atoms with Crippen molar-refractivity contribution in [1.29, 1.82) is 5.26 Å². The van der Waals surface area contributed by atoms with Crippen LogP contribution < -0.4 is 4.90 Å². The number of aliphatic hydroxyl groups excluding tert-OH is 1. The molecule has 0 aliphatic carbocycles. The van der Waals surface area contributed by atoms with Crippen LogP contribution in [0.3, 0.4) is 0 Å². The topological polar surface area (TPSA) is 47.3 Å². The van der Waals surface area contributed by atoms with Crippen LogP contribution in [0, 0.1) is 11.3 Å². The van der Waals surface area contributed by atoms with Crippen LogP contribution in [-0.2, 0) is 0 Å². The molecule has 0 unspecified atom stereocenters. The highest BCUT2D eigenvalue weighted by molar-refractivity contribution is 6.30. The summed E-state index contributed by atoms with van der Waals surface area (Å²) in [5.74, 6) is 0. The molecule has 1 aromatic carbocycles. The Bertz CT molecular complexity index is 398. The minimum atomic E-state index is 0.0612. The number of hydrogen-bond donors (Lipinski definition) is 1. The molecule has 1 rings (SSSR count). The molecule has 0 saturated heterocycles. The maximum atomic E-state index is 9.04. The van der Waals surface area contributed by atoms with Crippen molar-refractivity contribution in [2.24, 2.45) is 0 Å². The van der Waals surface area contributed by atoms with Gasteiger partial charge in [0.2, 0.25) is 0 Å². The number of rotatable bonds is 4. The number of halogens is 1. The molecular formula is C12H15ClN2O. The van der Waals surface area contributed by atoms with E-state index in [1.165, 1.54) is 0 Å². The molecular weight excluding hydrogens is 224 g/mol. The first-order valence-electron chi connectivity index (χ1n) is 5.17. The first-order valence-corrected chi connectivity index (χ1v) is 5.55. The average molecular weight is 239 g/mol. The SMILES string of the molecule is CC(C)N(CCO)c1ccc(Cl)cc1C#N. The van der Waals surface area contributed by atoms with Crippen LogP contribution in [0.15, 0.2) is 18.2 Å². The zero-order valence-electron chi connectivity index (χ0n) is 9.44. The van der Waals surface area contributed by atoms with Crippen LogP contribution in [0.2, 0.25) is 5.02 Å². The Labute approximate surface area is 101 Å². The number of aliphatic hydroxyl groups is 1. The van der Waals surface area contributed by atoms with E-state index in [1.54, 1.807) is 12.1 Å². The lowest BCUT2D eigenvalue weighted by Gasteiger charge is -2.29. The van der Waals surface area contributed by atoms with E-state index in [0.29, 0.717) is 17.1 Å². The second-order valence-electron chi connectivity index (χ2n) is 3.78. The van der Waals surface area contributed by atoms with E-state index in [2.05, 4.69) is 6.07 Å². The molecule has 0 heterocycles. The molecule has 0 aliphatic rings. The Hall–Kier alpha value is -1.24. The molecule has 0 bridgehead atoms. The minimum absolute atomic E-state index is 0.0612. The Morgan fingerprint density at radius 2 is 2.19 bits per heavy atom. The summed E-state index contributed by atoms with van der Waals surface area (Å²) >= 11 is 5.84. The van der Waals surface area contributed by atoms with Crippen LogP contribution in [-0.4, -0.2) is 24.3 Å². The summed E-state index contributed by atoms with van der Waals surface area (Å²) in [6.45, 7) is 4.61. The normalized spacial score (nSPS) is 10.2. The summed E-state index contributed by atoms with van der Waals surface area (Å²) in [6, 6.07) is 7.56. The summed E-state index contributed by atoms with van der Waals surface area (Å²) in [5.41, 5.74) is 1.35. The van der Waals surface area contributed by atoms with Crippen molar-refractivity contribution in [3.8, 4) is 6.07 Å². The first kappa shape index (κ1) is 12.8. The van der Waals surface area contributed by atoms with E-state index in [-0.39, 0.29) is 12.6 Å². The van der Waals surface area contributed by atoms with Gasteiger partial charge in [-0.2, -0.15) is 5.26 Å². The highest BCUT2D eigenvalue weighted by atomic mass is 35.5. The predicted octanol–water partition coefficient (Wildman–Crippen LogP) is 2.42. The summed E-state index contributed by atoms with van der Waals surface area (Å²) in [4.78, 5) is 1.98. The molecule has 0 saturated carbocycles. The fourth-order valence-corrected chi connectivity index (χ4v) is 1.78. The van der Waals surface area contributed by atoms with Gasteiger partial charge >= 0.3 is 0 Å². The highest BCUT2D eigenvalue weighted by Crippen LogP contribution is 2.25. The molecule has 0 atom stereocenters. The number of hydrogen-bond acceptors (Lipinski definition) is 3. The molecule has 3 nitrogen and oxygen atoms in total. The predicted molar refractivity (Wildman–Crippen MR) is 65.7 cm³/mol. The van der Waals surface area contributed by atoms with Crippen molar-refractivity contribution in [3.05, 3.63) is 28.8 Å². The summed E-state index contributed by atoms with van der Waals surface area (Å²) < 4.78 is 0. The van der Waals surface area contributed by atoms with Gasteiger partial charge in [0.1, 0.15) is 6.07 Å². The smallest absolute Gasteiger partial charge is 0.101 e. The second kappa shape index (κ2) is 5.74. The largest absolute Gasteiger partial charge is 0.395 e. The molecule has 0 fully saturated rings. The lowest BCUT2D eigenvalue weighted by Crippen LogP contribution is -2.33. The third kappa shape index (κ3) is 2.88. The zero-order valence-corrected chi connectivity index (χ0v) is 10.2. The van der Waals surface area contributed by atoms with E-state index in [0.717, 1.165) is 5.69 Å². The van der Waals surface area contributed by atoms with Crippen molar-refractivity contribution >= 4 is 17.3 Å². The molecule has 0 aliphatic heterocycles. The summed E-state index contributed by atoms with van der Waals surface area (Å²) in [6.07, 6.45) is 0. The Kier molecular flexibility index (Phi) is 4.60. The Morgan fingerprint density at radius 1 is 1.50 bits per heavy atom. The van der Waals surface area contributed by atoms with Crippen LogP contribution in [0.25, 0.3) is 0 Å². The molecule has 0 amide bonds. The molecule has 86 valence electrons. The highest BCUT2D eigenvalue weighted by Gasteiger charge is 2.14. The number of nitriles is 1. The number of nitrogens with zero attached hydrogens (tertiary/aromatic N) is 2. The van der Waals surface area contributed by atoms with Gasteiger partial charge in [-0.15, -0.1) is 0 Å². The Balaban J connectivity index is 3.14. The first-order chi connectivity index (χ1) is 7.60. The van der Waals surface area contributed by atoms with E-state index in [1.807, 2.05) is 24.8 Å². The van der Waals surface area contributed by atoms with Crippen LogP contribution in [0.4, 0.5) is 5.69 Å². The van der Waals surface area contributed by atoms with Gasteiger partial charge in [-0.05, 0) is 32.0 Å². The third-order valence-corrected chi connectivity index (χ3v) is 2.59. The van der Waals surface area contributed by atoms with Gasteiger partial charge in [-0.3, -0.25) is 0 Å². The van der Waals surface area contributed by atoms with E-state index >= 15 is 0 Å². The van der Waals surface area contributed by atoms with Crippen LogP contribution in [0.1, 0.15) is 19.4 Å². The van der Waals surface area contributed by atoms with Gasteiger partial charge in [0, 0.05) is 17.6 Å². The fraction of sp³-hybridized carbons (Fsp3) is 0.417. The van der Waals surface area contributed by atoms with Gasteiger partial charge in [0.05, 0.1) is 17.9 Å². The van der Waals surface area contributed by atoms with Crippen molar-refractivity contribution in [2.45, 2.75) is 19.9 Å². The fourth-order valence-electron chi connectivity index (χ4n) is 1.61. The molecule has 0 aromatic heterocycles. The van der Waals surface area contributed by atoms with Gasteiger partial charge in [0.15, 0.2) is 0 Å². The van der Waals surface area contributed by atoms with Crippen molar-refractivity contribution in [2.75, 3.05) is 18.1 Å². The lowest BCUT2D eigenvalue weighted by molar-refractivity contribution is 0.299. The summed E-state index contributed by atoms with van der Waals surface area (Å²) in [7, 11) is 0. The van der Waals surface area contributed by atoms with Crippen molar-refractivity contribution in [3.63, 3.8) is 0 Å². The molecule has 16 heavy (non-hydrogen) atoms. The van der Waals surface area contributed by atoms with Crippen LogP contribution in [0.5, 0.6) is 0 Å². The number of anilines is 1. The van der Waals surface area contributed by atoms with Crippen molar-refractivity contribution < 1.29 is 5.11 Å². The van der Waals surface area contributed by atoms with Crippen LogP contribution >= 0.6 is 11.6 Å². The van der Waals surface area contributed by atoms with E-state index in [4.69, 9.17) is 22.0 Å². The molecule has 1 aromatic rings. The summed E-state index contributed by atoms with van der Waals surface area (Å²) in [5, 5.41) is 18.6. The molecule has 1 N–H and O–H groups in total. The monoisotopic (exact) mass is 238 g/mol. The van der Waals surface area contributed by atoms with Gasteiger partial charge in [-0.1, -0.05) is 11.6 Å². The molecule has 0 spiro atoms. The molecule has 4 heteroatoms. The van der Waals surface area contributed by atoms with E-state index in [9.17, 15) is 0 Å². The lowest BCUT2D eigenvalue weighted by atomic mass is 10.1. The van der Waals surface area contributed by atoms with Gasteiger partial charge in [0.25, 0.3) is 0 Å². The quantitative estimate of drug-likeness (QED) is 0.877. The standard InChI is InChI=1S/C12H15ClN2O/c1-9(2)15(5-6-16)12-4-3-11(13)7-10(12)8-14/h3-4,7,9,16H,5-6H2,1-2H3. The maximum absolute atomic E-state index is 9.04. The third-order valence-electron chi connectivity index (χ3n) is 2.35. The second-order valence-corrected chi connectivity index (χ2v) is 4.22. The van der Waals surface area contributed by atoms with Gasteiger partial charge < -0.3 is 10.0 Å². The van der Waals surface area contributed by atoms with Crippen molar-refractivity contribution in [1.82, 2.24) is 0 Å². The van der Waals surface area contributed by atoms with Gasteiger partial charge in [-0.25, -0.2) is 0 Å². The minimum Gasteiger partial charge on any atom is -0.395 e. The Morgan fingerprint density at radius 3 is 2.69 bits per heavy atom. The van der Waals surface area contributed by atoms with E-state index < -0.39 is 0 Å². The zero-order chi connectivity index (χ0) is 12.1. The maximum Gasteiger partial charge on any atom is 0.101 e. The average Bonchev–Trinajstić information content (AvgIpc) is 2.26.